The molecule has 1 N–H and O–H groups in total. The van der Waals surface area contributed by atoms with Crippen LogP contribution in [0.5, 0.6) is 11.5 Å². The molecular weight excluding hydrogens is 254 g/mol. The Labute approximate surface area is 119 Å². The van der Waals surface area contributed by atoms with Crippen LogP contribution in [0.15, 0.2) is 36.9 Å². The Balaban J connectivity index is 1.96. The highest BCUT2D eigenvalue weighted by Crippen LogP contribution is 2.30. The molecule has 0 amide bonds. The minimum atomic E-state index is 0.333. The number of para-hydroxylation sites is 1. The predicted octanol–water partition coefficient (Wildman–Crippen LogP) is 2.08. The molecule has 1 aromatic carbocycles. The summed E-state index contributed by atoms with van der Waals surface area (Å²) in [6.07, 6.45) is 5.58. The van der Waals surface area contributed by atoms with Crippen LogP contribution in [0.25, 0.3) is 0 Å². The molecule has 0 radical (unpaired) electrons. The average molecular weight is 275 g/mol. The molecule has 0 aliphatic rings. The van der Waals surface area contributed by atoms with Gasteiger partial charge in [-0.3, -0.25) is 0 Å². The molecule has 1 heterocycles. The van der Waals surface area contributed by atoms with Crippen molar-refractivity contribution >= 4 is 0 Å². The van der Waals surface area contributed by atoms with Gasteiger partial charge in [-0.2, -0.15) is 0 Å². The minimum Gasteiger partial charge on any atom is -0.493 e. The smallest absolute Gasteiger partial charge is 0.165 e. The third-order valence-corrected chi connectivity index (χ3v) is 3.17. The van der Waals surface area contributed by atoms with Gasteiger partial charge < -0.3 is 19.4 Å². The summed E-state index contributed by atoms with van der Waals surface area (Å²) in [5.74, 6) is 1.55. The average Bonchev–Trinajstić information content (AvgIpc) is 2.97. The monoisotopic (exact) mass is 275 g/mol. The van der Waals surface area contributed by atoms with Crippen LogP contribution in [0, 0.1) is 0 Å². The van der Waals surface area contributed by atoms with Gasteiger partial charge in [-0.25, -0.2) is 4.98 Å². The number of methoxy groups -OCH3 is 2. The van der Waals surface area contributed by atoms with E-state index in [-0.39, 0.29) is 0 Å². The van der Waals surface area contributed by atoms with Crippen molar-refractivity contribution in [2.75, 3.05) is 14.2 Å². The van der Waals surface area contributed by atoms with E-state index in [0.717, 1.165) is 30.2 Å². The standard InChI is InChI=1S/C15H21N3O2/c1-12(10-18-8-7-16-11-18)17-9-13-5-4-6-14(19-2)15(13)20-3/h4-8,11-12,17H,9-10H2,1-3H3. The second-order valence-electron chi connectivity index (χ2n) is 4.69. The van der Waals surface area contributed by atoms with Crippen molar-refractivity contribution in [1.82, 2.24) is 14.9 Å². The van der Waals surface area contributed by atoms with Gasteiger partial charge in [0.05, 0.1) is 20.5 Å². The number of rotatable bonds is 7. The zero-order valence-corrected chi connectivity index (χ0v) is 12.2. The molecule has 0 bridgehead atoms. The molecule has 20 heavy (non-hydrogen) atoms. The minimum absolute atomic E-state index is 0.333. The molecule has 0 aliphatic carbocycles. The predicted molar refractivity (Wildman–Crippen MR) is 78.1 cm³/mol. The van der Waals surface area contributed by atoms with Gasteiger partial charge in [-0.1, -0.05) is 12.1 Å². The Morgan fingerprint density at radius 1 is 1.30 bits per heavy atom. The summed E-state index contributed by atoms with van der Waals surface area (Å²) in [7, 11) is 3.31. The van der Waals surface area contributed by atoms with Crippen LogP contribution in [0.4, 0.5) is 0 Å². The number of nitrogens with one attached hydrogen (secondary N) is 1. The third kappa shape index (κ3) is 3.51. The summed E-state index contributed by atoms with van der Waals surface area (Å²) < 4.78 is 12.8. The number of imidazole rings is 1. The van der Waals surface area contributed by atoms with Crippen molar-refractivity contribution in [3.05, 3.63) is 42.5 Å². The fourth-order valence-electron chi connectivity index (χ4n) is 2.15. The highest BCUT2D eigenvalue weighted by Gasteiger charge is 2.10. The molecule has 0 aliphatic heterocycles. The second kappa shape index (κ2) is 6.96. The number of aromatic nitrogens is 2. The van der Waals surface area contributed by atoms with Gasteiger partial charge in [0.15, 0.2) is 11.5 Å². The van der Waals surface area contributed by atoms with Crippen LogP contribution in [0.1, 0.15) is 12.5 Å². The first kappa shape index (κ1) is 14.4. The lowest BCUT2D eigenvalue weighted by atomic mass is 10.1. The summed E-state index contributed by atoms with van der Waals surface area (Å²) in [5.41, 5.74) is 1.09. The lowest BCUT2D eigenvalue weighted by Gasteiger charge is -2.17. The molecule has 1 atom stereocenters. The Kier molecular flexibility index (Phi) is 5.01. The van der Waals surface area contributed by atoms with E-state index in [1.165, 1.54) is 0 Å². The molecule has 0 spiro atoms. The molecule has 108 valence electrons. The largest absolute Gasteiger partial charge is 0.493 e. The summed E-state index contributed by atoms with van der Waals surface area (Å²) >= 11 is 0. The summed E-state index contributed by atoms with van der Waals surface area (Å²) in [4.78, 5) is 4.04. The van der Waals surface area contributed by atoms with Gasteiger partial charge in [0, 0.05) is 37.1 Å². The van der Waals surface area contributed by atoms with Crippen LogP contribution < -0.4 is 14.8 Å². The fourth-order valence-corrected chi connectivity index (χ4v) is 2.15. The van der Waals surface area contributed by atoms with Gasteiger partial charge in [-0.05, 0) is 13.0 Å². The van der Waals surface area contributed by atoms with Crippen LogP contribution >= 0.6 is 0 Å². The maximum atomic E-state index is 5.43. The molecule has 0 saturated carbocycles. The normalized spacial score (nSPS) is 12.2. The molecular formula is C15H21N3O2. The SMILES string of the molecule is COc1cccc(CNC(C)Cn2ccnc2)c1OC. The van der Waals surface area contributed by atoms with Crippen molar-refractivity contribution in [3.63, 3.8) is 0 Å². The third-order valence-electron chi connectivity index (χ3n) is 3.17. The van der Waals surface area contributed by atoms with E-state index in [0.29, 0.717) is 6.04 Å². The number of nitrogens with zero attached hydrogens (tertiary/aromatic N) is 2. The maximum absolute atomic E-state index is 5.43. The van der Waals surface area contributed by atoms with E-state index in [2.05, 4.69) is 21.8 Å². The van der Waals surface area contributed by atoms with E-state index in [9.17, 15) is 0 Å². The Hall–Kier alpha value is -2.01. The van der Waals surface area contributed by atoms with Gasteiger partial charge in [-0.15, -0.1) is 0 Å². The molecule has 5 nitrogen and oxygen atoms in total. The van der Waals surface area contributed by atoms with Crippen LogP contribution in [-0.2, 0) is 13.1 Å². The molecule has 0 saturated heterocycles. The van der Waals surface area contributed by atoms with Crippen molar-refractivity contribution in [2.24, 2.45) is 0 Å². The summed E-state index contributed by atoms with van der Waals surface area (Å²) in [6.45, 7) is 3.76. The van der Waals surface area contributed by atoms with Gasteiger partial charge in [0.2, 0.25) is 0 Å². The van der Waals surface area contributed by atoms with Crippen LogP contribution in [-0.4, -0.2) is 29.8 Å². The Morgan fingerprint density at radius 2 is 2.15 bits per heavy atom. The molecule has 2 rings (SSSR count). The first-order valence-corrected chi connectivity index (χ1v) is 6.63. The van der Waals surface area contributed by atoms with E-state index in [1.807, 2.05) is 30.7 Å². The number of benzene rings is 1. The van der Waals surface area contributed by atoms with Gasteiger partial charge >= 0.3 is 0 Å². The lowest BCUT2D eigenvalue weighted by Crippen LogP contribution is -2.29. The molecule has 2 aromatic rings. The molecule has 0 fully saturated rings. The maximum Gasteiger partial charge on any atom is 0.165 e. The first-order valence-electron chi connectivity index (χ1n) is 6.63. The topological polar surface area (TPSA) is 48.3 Å². The van der Waals surface area contributed by atoms with Crippen LogP contribution in [0.3, 0.4) is 0 Å². The van der Waals surface area contributed by atoms with E-state index < -0.39 is 0 Å². The summed E-state index contributed by atoms with van der Waals surface area (Å²) in [6, 6.07) is 6.24. The Morgan fingerprint density at radius 3 is 2.80 bits per heavy atom. The molecule has 1 unspecified atom stereocenters. The zero-order chi connectivity index (χ0) is 14.4. The number of ether oxygens (including phenoxy) is 2. The van der Waals surface area contributed by atoms with Gasteiger partial charge in [0.25, 0.3) is 0 Å². The van der Waals surface area contributed by atoms with E-state index >= 15 is 0 Å². The van der Waals surface area contributed by atoms with Crippen molar-refractivity contribution in [2.45, 2.75) is 26.1 Å². The highest BCUT2D eigenvalue weighted by molar-refractivity contribution is 5.46. The Bertz CT molecular complexity index is 526. The van der Waals surface area contributed by atoms with Crippen molar-refractivity contribution < 1.29 is 9.47 Å². The lowest BCUT2D eigenvalue weighted by molar-refractivity contribution is 0.349. The van der Waals surface area contributed by atoms with Crippen LogP contribution in [0.2, 0.25) is 0 Å². The second-order valence-corrected chi connectivity index (χ2v) is 4.69. The van der Waals surface area contributed by atoms with Crippen molar-refractivity contribution in [1.29, 1.82) is 0 Å². The van der Waals surface area contributed by atoms with Gasteiger partial charge in [0.1, 0.15) is 0 Å². The van der Waals surface area contributed by atoms with Crippen molar-refractivity contribution in [3.8, 4) is 11.5 Å². The van der Waals surface area contributed by atoms with E-state index in [1.54, 1.807) is 20.4 Å². The fraction of sp³-hybridized carbons (Fsp3) is 0.400. The van der Waals surface area contributed by atoms with E-state index in [4.69, 9.17) is 9.47 Å². The number of hydrogen-bond donors (Lipinski definition) is 1. The zero-order valence-electron chi connectivity index (χ0n) is 12.2. The molecule has 1 aromatic heterocycles. The molecule has 5 heteroatoms. The number of hydrogen-bond acceptors (Lipinski definition) is 4. The quantitative estimate of drug-likeness (QED) is 0.840. The first-order chi connectivity index (χ1) is 9.74. The highest BCUT2D eigenvalue weighted by atomic mass is 16.5. The summed E-state index contributed by atoms with van der Waals surface area (Å²) in [5, 5.41) is 3.48.